The van der Waals surface area contributed by atoms with Crippen LogP contribution in [0.1, 0.15) is 11.1 Å². The Hall–Kier alpha value is -6.32. The van der Waals surface area contributed by atoms with Gasteiger partial charge in [-0.05, 0) is 36.4 Å². The summed E-state index contributed by atoms with van der Waals surface area (Å²) in [5, 5.41) is 53.0. The number of methoxy groups -OCH3 is 1. The fraction of sp³-hybridized carbons (Fsp3) is 0.0400. The second kappa shape index (κ2) is 12.5. The molecule has 1 aromatic heterocycles. The van der Waals surface area contributed by atoms with E-state index in [0.29, 0.717) is 11.4 Å². The number of rotatable bonds is 11. The van der Waals surface area contributed by atoms with Crippen molar-refractivity contribution in [1.82, 2.24) is 9.97 Å². The van der Waals surface area contributed by atoms with Gasteiger partial charge in [0.25, 0.3) is 11.4 Å². The molecule has 1 heterocycles. The minimum atomic E-state index is -0.613. The molecule has 0 amide bonds. The molecule has 0 saturated carbocycles. The van der Waals surface area contributed by atoms with Gasteiger partial charge >= 0.3 is 0 Å². The van der Waals surface area contributed by atoms with Crippen LogP contribution in [-0.2, 0) is 0 Å². The zero-order valence-corrected chi connectivity index (χ0v) is 21.1. The quantitative estimate of drug-likeness (QED) is 0.0982. The number of benzene rings is 3. The third-order valence-corrected chi connectivity index (χ3v) is 5.26. The van der Waals surface area contributed by atoms with Gasteiger partial charge in [-0.1, -0.05) is 12.1 Å². The molecule has 0 aliphatic rings. The molecule has 0 aliphatic heterocycles. The zero-order valence-electron chi connectivity index (χ0n) is 21.1. The normalized spacial score (nSPS) is 11.0. The molecular weight excluding hydrogens is 538 g/mol. The lowest BCUT2D eigenvalue weighted by Gasteiger charge is -2.11. The van der Waals surface area contributed by atoms with Gasteiger partial charge in [0.05, 0.1) is 46.2 Å². The number of hydrogen-bond acceptors (Lipinski definition) is 14. The Labute approximate surface area is 231 Å². The summed E-state index contributed by atoms with van der Waals surface area (Å²) in [5.41, 5.74) is 5.36. The molecule has 0 unspecified atom stereocenters. The lowest BCUT2D eigenvalue weighted by molar-refractivity contribution is -0.385. The highest BCUT2D eigenvalue weighted by molar-refractivity contribution is 5.87. The van der Waals surface area contributed by atoms with Crippen molar-refractivity contribution in [2.24, 2.45) is 10.2 Å². The van der Waals surface area contributed by atoms with Crippen molar-refractivity contribution in [3.05, 3.63) is 98.1 Å². The molecule has 41 heavy (non-hydrogen) atoms. The van der Waals surface area contributed by atoms with Crippen LogP contribution >= 0.6 is 0 Å². The maximum Gasteiger partial charge on any atom is 0.278 e. The van der Waals surface area contributed by atoms with Gasteiger partial charge in [0.2, 0.25) is 5.95 Å². The van der Waals surface area contributed by atoms with Crippen molar-refractivity contribution in [2.75, 3.05) is 23.3 Å². The second-order valence-corrected chi connectivity index (χ2v) is 8.03. The van der Waals surface area contributed by atoms with Crippen LogP contribution < -0.4 is 20.9 Å². The second-order valence-electron chi connectivity index (χ2n) is 8.03. The molecule has 5 N–H and O–H groups in total. The topological polar surface area (TPSA) is 223 Å². The van der Waals surface area contributed by atoms with Crippen molar-refractivity contribution in [3.63, 3.8) is 0 Å². The van der Waals surface area contributed by atoms with Crippen LogP contribution in [0.4, 0.5) is 34.6 Å². The highest BCUT2D eigenvalue weighted by Gasteiger charge is 2.14. The number of nitro benzene ring substituents is 2. The van der Waals surface area contributed by atoms with E-state index in [4.69, 9.17) is 4.74 Å². The number of para-hydroxylation sites is 2. The molecule has 0 fully saturated rings. The van der Waals surface area contributed by atoms with E-state index in [1.165, 1.54) is 37.4 Å². The number of hydrazone groups is 2. The van der Waals surface area contributed by atoms with E-state index in [2.05, 4.69) is 36.3 Å². The molecule has 16 nitrogen and oxygen atoms in total. The summed E-state index contributed by atoms with van der Waals surface area (Å²) in [7, 11) is 1.50. The molecule has 0 radical (unpaired) electrons. The van der Waals surface area contributed by atoms with E-state index in [9.17, 15) is 30.4 Å². The molecule has 0 bridgehead atoms. The van der Waals surface area contributed by atoms with Crippen LogP contribution in [-0.4, -0.2) is 49.6 Å². The molecule has 4 rings (SSSR count). The minimum absolute atomic E-state index is 0.0413. The third-order valence-electron chi connectivity index (χ3n) is 5.26. The Morgan fingerprint density at radius 1 is 0.805 bits per heavy atom. The van der Waals surface area contributed by atoms with Gasteiger partial charge in [0, 0.05) is 18.2 Å². The molecule has 0 spiro atoms. The fourth-order valence-corrected chi connectivity index (χ4v) is 3.45. The molecule has 208 valence electrons. The summed E-state index contributed by atoms with van der Waals surface area (Å²) < 4.78 is 5.34. The Kier molecular flexibility index (Phi) is 8.44. The Morgan fingerprint density at radius 2 is 1.32 bits per heavy atom. The van der Waals surface area contributed by atoms with Gasteiger partial charge in [-0.25, -0.2) is 0 Å². The van der Waals surface area contributed by atoms with E-state index in [1.54, 1.807) is 24.3 Å². The highest BCUT2D eigenvalue weighted by atomic mass is 16.6. The lowest BCUT2D eigenvalue weighted by atomic mass is 10.2. The van der Waals surface area contributed by atoms with Gasteiger partial charge in [0.1, 0.15) is 17.2 Å². The number of ether oxygens (including phenoxy) is 1. The maximum atomic E-state index is 11.3. The van der Waals surface area contributed by atoms with E-state index < -0.39 is 9.85 Å². The number of nitrogens with one attached hydrogen (secondary N) is 3. The summed E-state index contributed by atoms with van der Waals surface area (Å²) >= 11 is 0. The smallest absolute Gasteiger partial charge is 0.278 e. The van der Waals surface area contributed by atoms with Crippen LogP contribution in [0, 0.1) is 20.2 Å². The summed E-state index contributed by atoms with van der Waals surface area (Å²) in [6.45, 7) is 0. The van der Waals surface area contributed by atoms with Crippen molar-refractivity contribution in [2.45, 2.75) is 0 Å². The number of nitro groups is 2. The van der Waals surface area contributed by atoms with E-state index >= 15 is 0 Å². The van der Waals surface area contributed by atoms with Crippen LogP contribution in [0.25, 0.3) is 0 Å². The van der Waals surface area contributed by atoms with Crippen molar-refractivity contribution < 1.29 is 24.8 Å². The lowest BCUT2D eigenvalue weighted by Crippen LogP contribution is -2.05. The van der Waals surface area contributed by atoms with Crippen LogP contribution in [0.5, 0.6) is 17.2 Å². The van der Waals surface area contributed by atoms with Crippen molar-refractivity contribution in [1.29, 1.82) is 0 Å². The predicted molar refractivity (Wildman–Crippen MR) is 150 cm³/mol. The number of anilines is 4. The van der Waals surface area contributed by atoms with Gasteiger partial charge in [0.15, 0.2) is 11.6 Å². The first-order chi connectivity index (χ1) is 19.7. The summed E-state index contributed by atoms with van der Waals surface area (Å²) in [6.07, 6.45) is 2.28. The molecule has 0 aliphatic carbocycles. The SMILES string of the molecule is COc1ccccc1Nc1nc(NN=Cc2cc(O)ccc2[N+](=O)[O-])cc(NN=Cc2cc(O)ccc2[N+](=O)[O-])n1. The van der Waals surface area contributed by atoms with Crippen LogP contribution in [0.2, 0.25) is 0 Å². The summed E-state index contributed by atoms with van der Waals surface area (Å²) in [5.74, 6) is 0.457. The van der Waals surface area contributed by atoms with Gasteiger partial charge in [-0.2, -0.15) is 20.2 Å². The van der Waals surface area contributed by atoms with Crippen molar-refractivity contribution >= 4 is 47.1 Å². The summed E-state index contributed by atoms with van der Waals surface area (Å²) in [4.78, 5) is 30.0. The van der Waals surface area contributed by atoms with Crippen LogP contribution in [0.15, 0.2) is 76.9 Å². The summed E-state index contributed by atoms with van der Waals surface area (Å²) in [6, 6.07) is 15.4. The van der Waals surface area contributed by atoms with Crippen molar-refractivity contribution in [3.8, 4) is 17.2 Å². The number of phenols is 2. The number of phenolic OH excluding ortho intramolecular Hbond substituents is 2. The first kappa shape index (κ1) is 27.7. The number of hydrogen-bond donors (Lipinski definition) is 5. The maximum absolute atomic E-state index is 11.3. The van der Waals surface area contributed by atoms with E-state index in [1.807, 2.05) is 0 Å². The molecular formula is C25H21N9O7. The number of aromatic hydroxyl groups is 2. The van der Waals surface area contributed by atoms with Gasteiger partial charge in [-0.15, -0.1) is 0 Å². The van der Waals surface area contributed by atoms with Gasteiger partial charge < -0.3 is 20.3 Å². The fourth-order valence-electron chi connectivity index (χ4n) is 3.45. The average Bonchev–Trinajstić information content (AvgIpc) is 2.93. The molecule has 3 aromatic carbocycles. The average molecular weight is 559 g/mol. The van der Waals surface area contributed by atoms with Gasteiger partial charge in [-0.3, -0.25) is 31.1 Å². The first-order valence-electron chi connectivity index (χ1n) is 11.6. The Bertz CT molecular complexity index is 1570. The standard InChI is InChI=1S/C25H21N9O7/c1-41-22-5-3-2-4-19(22)28-25-29-23(31-26-13-15-10-17(35)6-8-20(15)33(37)38)12-24(30-25)32-27-14-16-11-18(36)7-9-21(16)34(39)40/h2-14,35-36H,1H3,(H3,28,29,30,31,32). The molecule has 0 atom stereocenters. The monoisotopic (exact) mass is 559 g/mol. The predicted octanol–water partition coefficient (Wildman–Crippen LogP) is 4.35. The highest BCUT2D eigenvalue weighted by Crippen LogP contribution is 2.27. The zero-order chi connectivity index (χ0) is 29.4. The minimum Gasteiger partial charge on any atom is -0.508 e. The Morgan fingerprint density at radius 3 is 1.80 bits per heavy atom. The molecule has 16 heteroatoms. The largest absolute Gasteiger partial charge is 0.508 e. The third kappa shape index (κ3) is 7.17. The number of aromatic nitrogens is 2. The van der Waals surface area contributed by atoms with E-state index in [-0.39, 0.29) is 51.6 Å². The van der Waals surface area contributed by atoms with E-state index in [0.717, 1.165) is 24.6 Å². The first-order valence-corrected chi connectivity index (χ1v) is 11.6. The number of nitrogens with zero attached hydrogens (tertiary/aromatic N) is 6. The van der Waals surface area contributed by atoms with Crippen LogP contribution in [0.3, 0.4) is 0 Å². The molecule has 0 saturated heterocycles. The molecule has 4 aromatic rings. The Balaban J connectivity index is 1.63.